The van der Waals surface area contributed by atoms with Crippen LogP contribution in [0, 0.1) is 11.8 Å². The molecule has 4 heteroatoms. The first-order valence-corrected chi connectivity index (χ1v) is 8.05. The van der Waals surface area contributed by atoms with Gasteiger partial charge in [-0.1, -0.05) is 36.4 Å². The summed E-state index contributed by atoms with van der Waals surface area (Å²) in [4.78, 5) is 37.6. The standard InChI is InChI=1S/C20H16O4/c1-11(21)24-20-13-7-3-2-6-12(13)10-16-17(20)19(23)15-9-5-4-8-14(15)18(16)22/h2-7,10,14-15H,8-9H2,1H3/t14-,15-/m0/s1. The van der Waals surface area contributed by atoms with Crippen molar-refractivity contribution < 1.29 is 19.1 Å². The van der Waals surface area contributed by atoms with E-state index >= 15 is 0 Å². The molecule has 2 aliphatic rings. The molecule has 0 spiro atoms. The molecule has 0 unspecified atom stereocenters. The number of Topliss-reactive ketones (excluding diaryl/α,β-unsaturated/α-hetero) is 2. The Labute approximate surface area is 139 Å². The first-order valence-electron chi connectivity index (χ1n) is 8.05. The van der Waals surface area contributed by atoms with Crippen LogP contribution in [0.3, 0.4) is 0 Å². The minimum Gasteiger partial charge on any atom is -0.425 e. The number of allylic oxidation sites excluding steroid dienone is 2. The van der Waals surface area contributed by atoms with Crippen molar-refractivity contribution in [1.82, 2.24) is 0 Å². The lowest BCUT2D eigenvalue weighted by atomic mass is 9.69. The van der Waals surface area contributed by atoms with Gasteiger partial charge in [-0.05, 0) is 24.3 Å². The van der Waals surface area contributed by atoms with E-state index in [4.69, 9.17) is 4.74 Å². The van der Waals surface area contributed by atoms with Crippen LogP contribution in [0.1, 0.15) is 40.5 Å². The van der Waals surface area contributed by atoms with E-state index in [1.165, 1.54) is 6.92 Å². The molecule has 0 heterocycles. The van der Waals surface area contributed by atoms with Gasteiger partial charge in [-0.2, -0.15) is 0 Å². The van der Waals surface area contributed by atoms with Crippen molar-refractivity contribution in [2.75, 3.05) is 0 Å². The van der Waals surface area contributed by atoms with E-state index in [0.29, 0.717) is 23.8 Å². The number of carbonyl (C=O) groups excluding carboxylic acids is 3. The summed E-state index contributed by atoms with van der Waals surface area (Å²) in [6.45, 7) is 1.30. The zero-order valence-electron chi connectivity index (χ0n) is 13.2. The molecule has 4 nitrogen and oxygen atoms in total. The SMILES string of the molecule is CC(=O)Oc1c2c(cc3ccccc13)C(=O)[C@H]1CC=CC[C@@H]1C2=O. The first kappa shape index (κ1) is 14.8. The van der Waals surface area contributed by atoms with E-state index in [2.05, 4.69) is 0 Å². The Balaban J connectivity index is 2.03. The Morgan fingerprint density at radius 3 is 2.42 bits per heavy atom. The quantitative estimate of drug-likeness (QED) is 0.456. The lowest BCUT2D eigenvalue weighted by Gasteiger charge is -2.32. The summed E-state index contributed by atoms with van der Waals surface area (Å²) in [5.74, 6) is -1.06. The Bertz CT molecular complexity index is 923. The Morgan fingerprint density at radius 2 is 1.71 bits per heavy atom. The molecule has 0 saturated carbocycles. The van der Waals surface area contributed by atoms with Crippen LogP contribution in [-0.2, 0) is 4.79 Å². The molecule has 0 saturated heterocycles. The van der Waals surface area contributed by atoms with Crippen LogP contribution in [-0.4, -0.2) is 17.5 Å². The maximum atomic E-state index is 13.1. The number of fused-ring (bicyclic) bond motifs is 3. The normalized spacial score (nSPS) is 22.2. The number of hydrogen-bond acceptors (Lipinski definition) is 4. The summed E-state index contributed by atoms with van der Waals surface area (Å²) < 4.78 is 5.39. The molecule has 2 atom stereocenters. The topological polar surface area (TPSA) is 60.4 Å². The van der Waals surface area contributed by atoms with E-state index in [0.717, 1.165) is 5.39 Å². The Hall–Kier alpha value is -2.75. The molecule has 120 valence electrons. The minimum absolute atomic E-state index is 0.0295. The van der Waals surface area contributed by atoms with Crippen molar-refractivity contribution in [1.29, 1.82) is 0 Å². The molecule has 0 amide bonds. The van der Waals surface area contributed by atoms with Crippen LogP contribution < -0.4 is 4.74 Å². The minimum atomic E-state index is -0.500. The van der Waals surface area contributed by atoms with Crippen LogP contribution in [0.4, 0.5) is 0 Å². The van der Waals surface area contributed by atoms with Gasteiger partial charge in [0.1, 0.15) is 5.75 Å². The molecule has 0 bridgehead atoms. The molecule has 0 N–H and O–H groups in total. The lowest BCUT2D eigenvalue weighted by molar-refractivity contribution is -0.131. The Kier molecular flexibility index (Phi) is 3.34. The van der Waals surface area contributed by atoms with Crippen LogP contribution >= 0.6 is 0 Å². The highest BCUT2D eigenvalue weighted by atomic mass is 16.5. The fourth-order valence-electron chi connectivity index (χ4n) is 3.78. The molecular weight excluding hydrogens is 304 g/mol. The third-order valence-electron chi connectivity index (χ3n) is 4.87. The molecule has 2 aromatic rings. The summed E-state index contributed by atoms with van der Waals surface area (Å²) in [7, 11) is 0. The number of benzene rings is 2. The first-order chi connectivity index (χ1) is 11.6. The molecule has 0 aromatic heterocycles. The van der Waals surface area contributed by atoms with Crippen LogP contribution in [0.25, 0.3) is 10.8 Å². The Morgan fingerprint density at radius 1 is 1.04 bits per heavy atom. The monoisotopic (exact) mass is 320 g/mol. The molecule has 24 heavy (non-hydrogen) atoms. The molecule has 0 radical (unpaired) electrons. The number of hydrogen-bond donors (Lipinski definition) is 0. The average molecular weight is 320 g/mol. The van der Waals surface area contributed by atoms with Gasteiger partial charge < -0.3 is 4.74 Å². The third kappa shape index (κ3) is 2.10. The van der Waals surface area contributed by atoms with Crippen molar-refractivity contribution >= 4 is 28.3 Å². The summed E-state index contributed by atoms with van der Waals surface area (Å²) in [5.41, 5.74) is 0.650. The van der Waals surface area contributed by atoms with Gasteiger partial charge in [0, 0.05) is 29.7 Å². The number of ether oxygens (including phenoxy) is 1. The van der Waals surface area contributed by atoms with E-state index < -0.39 is 5.97 Å². The number of ketones is 2. The third-order valence-corrected chi connectivity index (χ3v) is 4.87. The highest BCUT2D eigenvalue weighted by Crippen LogP contribution is 2.43. The average Bonchev–Trinajstić information content (AvgIpc) is 2.59. The van der Waals surface area contributed by atoms with Crippen molar-refractivity contribution in [2.45, 2.75) is 19.8 Å². The predicted molar refractivity (Wildman–Crippen MR) is 89.3 cm³/mol. The zero-order valence-corrected chi connectivity index (χ0v) is 13.2. The second-order valence-electron chi connectivity index (χ2n) is 6.33. The van der Waals surface area contributed by atoms with Gasteiger partial charge in [0.05, 0.1) is 5.56 Å². The molecule has 0 fully saturated rings. The number of rotatable bonds is 1. The summed E-state index contributed by atoms with van der Waals surface area (Å²) >= 11 is 0. The van der Waals surface area contributed by atoms with Crippen molar-refractivity contribution in [2.24, 2.45) is 11.8 Å². The van der Waals surface area contributed by atoms with E-state index in [1.807, 2.05) is 30.4 Å². The molecular formula is C20H16O4. The summed E-state index contributed by atoms with van der Waals surface area (Å²) in [5, 5.41) is 1.47. The highest BCUT2D eigenvalue weighted by Gasteiger charge is 2.43. The second-order valence-corrected chi connectivity index (χ2v) is 6.33. The largest absolute Gasteiger partial charge is 0.425 e. The van der Waals surface area contributed by atoms with E-state index in [9.17, 15) is 14.4 Å². The summed E-state index contributed by atoms with van der Waals surface area (Å²) in [6.07, 6.45) is 5.06. The summed E-state index contributed by atoms with van der Waals surface area (Å²) in [6, 6.07) is 9.09. The van der Waals surface area contributed by atoms with Gasteiger partial charge in [0.15, 0.2) is 11.6 Å². The maximum absolute atomic E-state index is 13.1. The zero-order chi connectivity index (χ0) is 16.8. The molecule has 2 aliphatic carbocycles. The lowest BCUT2D eigenvalue weighted by Crippen LogP contribution is -2.37. The van der Waals surface area contributed by atoms with Gasteiger partial charge in [-0.3, -0.25) is 14.4 Å². The predicted octanol–water partition coefficient (Wildman–Crippen LogP) is 3.73. The number of carbonyl (C=O) groups is 3. The van der Waals surface area contributed by atoms with Gasteiger partial charge in [-0.15, -0.1) is 0 Å². The fourth-order valence-corrected chi connectivity index (χ4v) is 3.78. The van der Waals surface area contributed by atoms with Gasteiger partial charge in [0.2, 0.25) is 0 Å². The van der Waals surface area contributed by atoms with Crippen LogP contribution in [0.5, 0.6) is 5.75 Å². The number of esters is 1. The molecule has 2 aromatic carbocycles. The van der Waals surface area contributed by atoms with Gasteiger partial charge >= 0.3 is 5.97 Å². The van der Waals surface area contributed by atoms with Gasteiger partial charge in [-0.25, -0.2) is 0 Å². The van der Waals surface area contributed by atoms with Crippen molar-refractivity contribution in [3.8, 4) is 5.75 Å². The molecule has 4 rings (SSSR count). The maximum Gasteiger partial charge on any atom is 0.308 e. The highest BCUT2D eigenvalue weighted by molar-refractivity contribution is 6.21. The van der Waals surface area contributed by atoms with Crippen LogP contribution in [0.15, 0.2) is 42.5 Å². The second kappa shape index (κ2) is 5.41. The fraction of sp³-hybridized carbons (Fsp3) is 0.250. The van der Waals surface area contributed by atoms with Crippen LogP contribution in [0.2, 0.25) is 0 Å². The van der Waals surface area contributed by atoms with E-state index in [1.54, 1.807) is 12.1 Å². The van der Waals surface area contributed by atoms with Crippen molar-refractivity contribution in [3.05, 3.63) is 53.6 Å². The van der Waals surface area contributed by atoms with Gasteiger partial charge in [0.25, 0.3) is 0 Å². The van der Waals surface area contributed by atoms with E-state index in [-0.39, 0.29) is 34.7 Å². The molecule has 0 aliphatic heterocycles. The smallest absolute Gasteiger partial charge is 0.308 e. The van der Waals surface area contributed by atoms with Crippen molar-refractivity contribution in [3.63, 3.8) is 0 Å².